The molecular formula is C17H10N2O. The molecule has 0 saturated heterocycles. The van der Waals surface area contributed by atoms with Crippen molar-refractivity contribution in [2.24, 2.45) is 0 Å². The summed E-state index contributed by atoms with van der Waals surface area (Å²) in [5.41, 5.74) is 4.29. The molecule has 0 fully saturated rings. The number of rotatable bonds is 0. The van der Waals surface area contributed by atoms with E-state index >= 15 is 0 Å². The fourth-order valence-corrected chi connectivity index (χ4v) is 2.58. The van der Waals surface area contributed by atoms with E-state index in [0.29, 0.717) is 35.2 Å². The number of ketones is 1. The van der Waals surface area contributed by atoms with Gasteiger partial charge in [0.25, 0.3) is 0 Å². The number of aryl methyl sites for hydroxylation is 2. The zero-order chi connectivity index (χ0) is 14.1. The van der Waals surface area contributed by atoms with E-state index in [4.69, 9.17) is 11.8 Å². The molecule has 0 bridgehead atoms. The van der Waals surface area contributed by atoms with Gasteiger partial charge in [-0.05, 0) is 42.2 Å². The van der Waals surface area contributed by atoms with Gasteiger partial charge in [0, 0.05) is 11.1 Å². The van der Waals surface area contributed by atoms with Crippen LogP contribution < -0.4 is 0 Å². The van der Waals surface area contributed by atoms with Crippen molar-refractivity contribution in [2.45, 2.75) is 12.8 Å². The highest BCUT2D eigenvalue weighted by molar-refractivity contribution is 6.11. The highest BCUT2D eigenvalue weighted by Crippen LogP contribution is 2.28. The molecule has 2 aromatic rings. The highest BCUT2D eigenvalue weighted by Gasteiger charge is 2.21. The number of nitriles is 1. The van der Waals surface area contributed by atoms with E-state index in [1.807, 2.05) is 0 Å². The number of hydrogen-bond donors (Lipinski definition) is 0. The first-order valence-corrected chi connectivity index (χ1v) is 6.31. The monoisotopic (exact) mass is 258 g/mol. The average molecular weight is 258 g/mol. The maximum atomic E-state index is 12.6. The van der Waals surface area contributed by atoms with E-state index in [-0.39, 0.29) is 5.78 Å². The van der Waals surface area contributed by atoms with Crippen LogP contribution in [-0.4, -0.2) is 5.78 Å². The maximum absolute atomic E-state index is 12.6. The summed E-state index contributed by atoms with van der Waals surface area (Å²) in [6, 6.07) is 12.5. The second-order valence-corrected chi connectivity index (χ2v) is 4.77. The zero-order valence-electron chi connectivity index (χ0n) is 10.7. The number of nitrogens with zero attached hydrogens (tertiary/aromatic N) is 2. The second-order valence-electron chi connectivity index (χ2n) is 4.77. The first-order valence-electron chi connectivity index (χ1n) is 6.31. The van der Waals surface area contributed by atoms with Crippen molar-refractivity contribution in [1.82, 2.24) is 0 Å². The van der Waals surface area contributed by atoms with Gasteiger partial charge >= 0.3 is 0 Å². The summed E-state index contributed by atoms with van der Waals surface area (Å²) in [4.78, 5) is 16.0. The summed E-state index contributed by atoms with van der Waals surface area (Å²) in [5.74, 6) is -0.0199. The first-order chi connectivity index (χ1) is 9.72. The van der Waals surface area contributed by atoms with Gasteiger partial charge in [-0.1, -0.05) is 18.2 Å². The van der Waals surface area contributed by atoms with Crippen LogP contribution in [0.25, 0.3) is 4.85 Å². The van der Waals surface area contributed by atoms with Gasteiger partial charge in [0.2, 0.25) is 0 Å². The van der Waals surface area contributed by atoms with Gasteiger partial charge in [-0.2, -0.15) is 5.26 Å². The fourth-order valence-electron chi connectivity index (χ4n) is 2.58. The lowest BCUT2D eigenvalue weighted by Crippen LogP contribution is -2.04. The minimum atomic E-state index is -0.0199. The maximum Gasteiger partial charge on any atom is 0.193 e. The summed E-state index contributed by atoms with van der Waals surface area (Å²) >= 11 is 0. The molecule has 0 N–H and O–H groups in total. The Balaban J connectivity index is 2.15. The molecule has 94 valence electrons. The van der Waals surface area contributed by atoms with Gasteiger partial charge < -0.3 is 0 Å². The van der Waals surface area contributed by atoms with Crippen molar-refractivity contribution in [1.29, 1.82) is 5.26 Å². The van der Waals surface area contributed by atoms with Gasteiger partial charge in [-0.15, -0.1) is 0 Å². The van der Waals surface area contributed by atoms with Crippen molar-refractivity contribution in [3.63, 3.8) is 0 Å². The molecule has 0 radical (unpaired) electrons. The van der Waals surface area contributed by atoms with Crippen LogP contribution in [0.15, 0.2) is 36.4 Å². The Morgan fingerprint density at radius 3 is 2.35 bits per heavy atom. The summed E-state index contributed by atoms with van der Waals surface area (Å²) in [7, 11) is 0. The van der Waals surface area contributed by atoms with Crippen molar-refractivity contribution in [3.05, 3.63) is 75.6 Å². The molecule has 2 aromatic carbocycles. The van der Waals surface area contributed by atoms with E-state index in [1.54, 1.807) is 36.4 Å². The molecular weight excluding hydrogens is 248 g/mol. The number of fused-ring (bicyclic) bond motifs is 2. The van der Waals surface area contributed by atoms with Gasteiger partial charge in [0.15, 0.2) is 11.5 Å². The third-order valence-electron chi connectivity index (χ3n) is 3.61. The largest absolute Gasteiger partial charge is 0.289 e. The lowest BCUT2D eigenvalue weighted by atomic mass is 9.97. The number of benzene rings is 2. The molecule has 1 aliphatic carbocycles. The Bertz CT molecular complexity index is 739. The van der Waals surface area contributed by atoms with E-state index in [9.17, 15) is 4.79 Å². The van der Waals surface area contributed by atoms with E-state index in [1.165, 1.54) is 0 Å². The number of carbonyl (C=O) groups is 1. The van der Waals surface area contributed by atoms with E-state index < -0.39 is 0 Å². The summed E-state index contributed by atoms with van der Waals surface area (Å²) < 4.78 is 0. The topological polar surface area (TPSA) is 45.2 Å². The van der Waals surface area contributed by atoms with Crippen LogP contribution in [0.5, 0.6) is 0 Å². The molecule has 0 unspecified atom stereocenters. The van der Waals surface area contributed by atoms with E-state index in [2.05, 4.69) is 10.9 Å². The highest BCUT2D eigenvalue weighted by atomic mass is 16.1. The van der Waals surface area contributed by atoms with Crippen LogP contribution in [0.4, 0.5) is 5.69 Å². The molecule has 0 heterocycles. The molecule has 3 rings (SSSR count). The van der Waals surface area contributed by atoms with Crippen LogP contribution in [0.3, 0.4) is 0 Å². The Labute approximate surface area is 116 Å². The minimum Gasteiger partial charge on any atom is -0.289 e. The average Bonchev–Trinajstić information content (AvgIpc) is 2.64. The SMILES string of the molecule is [C-]#[N+]c1ccc2c(c1)CCc1cc(C#N)ccc1C2=O. The lowest BCUT2D eigenvalue weighted by Gasteiger charge is -2.05. The van der Waals surface area contributed by atoms with Gasteiger partial charge in [-0.3, -0.25) is 4.79 Å². The third-order valence-corrected chi connectivity index (χ3v) is 3.61. The Hall–Kier alpha value is -2.91. The van der Waals surface area contributed by atoms with Crippen LogP contribution in [0, 0.1) is 17.9 Å². The standard InChI is InChI=1S/C17H10N2O/c1-19-14-5-7-16-13(9-14)4-3-12-8-11(10-18)2-6-15(12)17(16)20/h2,5-9H,3-4H2. The minimum absolute atomic E-state index is 0.0199. The normalized spacial score (nSPS) is 12.6. The van der Waals surface area contributed by atoms with Crippen LogP contribution in [0.2, 0.25) is 0 Å². The Kier molecular flexibility index (Phi) is 2.82. The Morgan fingerprint density at radius 1 is 1.05 bits per heavy atom. The molecule has 0 saturated carbocycles. The quantitative estimate of drug-likeness (QED) is 0.679. The smallest absolute Gasteiger partial charge is 0.193 e. The van der Waals surface area contributed by atoms with Gasteiger partial charge in [0.05, 0.1) is 18.2 Å². The van der Waals surface area contributed by atoms with Crippen molar-refractivity contribution in [2.75, 3.05) is 0 Å². The van der Waals surface area contributed by atoms with Crippen LogP contribution >= 0.6 is 0 Å². The molecule has 0 aliphatic heterocycles. The first kappa shape index (κ1) is 12.1. The summed E-state index contributed by atoms with van der Waals surface area (Å²) in [5, 5.41) is 8.95. The van der Waals surface area contributed by atoms with Gasteiger partial charge in [-0.25, -0.2) is 4.85 Å². The summed E-state index contributed by atoms with van der Waals surface area (Å²) in [6.45, 7) is 7.05. The second kappa shape index (κ2) is 4.64. The molecule has 1 aliphatic rings. The molecule has 3 heteroatoms. The molecule has 0 spiro atoms. The number of carbonyl (C=O) groups excluding carboxylic acids is 1. The number of hydrogen-bond acceptors (Lipinski definition) is 2. The Morgan fingerprint density at radius 2 is 1.70 bits per heavy atom. The molecule has 0 amide bonds. The van der Waals surface area contributed by atoms with Crippen LogP contribution in [-0.2, 0) is 12.8 Å². The molecule has 3 nitrogen and oxygen atoms in total. The predicted octanol–water partition coefficient (Wildman–Crippen LogP) is 3.44. The van der Waals surface area contributed by atoms with Crippen molar-refractivity contribution >= 4 is 11.5 Å². The van der Waals surface area contributed by atoms with Crippen LogP contribution in [0.1, 0.15) is 32.6 Å². The van der Waals surface area contributed by atoms with Gasteiger partial charge in [0.1, 0.15) is 0 Å². The van der Waals surface area contributed by atoms with E-state index in [0.717, 1.165) is 11.1 Å². The zero-order valence-corrected chi connectivity index (χ0v) is 10.7. The van der Waals surface area contributed by atoms with Crippen molar-refractivity contribution < 1.29 is 4.79 Å². The third kappa shape index (κ3) is 1.86. The molecule has 20 heavy (non-hydrogen) atoms. The molecule has 0 atom stereocenters. The molecule has 0 aromatic heterocycles. The predicted molar refractivity (Wildman–Crippen MR) is 74.7 cm³/mol. The lowest BCUT2D eigenvalue weighted by molar-refractivity contribution is 0.103. The van der Waals surface area contributed by atoms with Crippen molar-refractivity contribution in [3.8, 4) is 6.07 Å². The fraction of sp³-hybridized carbons (Fsp3) is 0.118. The summed E-state index contributed by atoms with van der Waals surface area (Å²) in [6.07, 6.45) is 1.43.